The first kappa shape index (κ1) is 13.3. The minimum atomic E-state index is -1.25. The van der Waals surface area contributed by atoms with Gasteiger partial charge in [-0.3, -0.25) is 0 Å². The first-order chi connectivity index (χ1) is 8.19. The topological polar surface area (TPSA) is 55.8 Å². The zero-order valence-electron chi connectivity index (χ0n) is 9.76. The molecule has 0 heterocycles. The van der Waals surface area contributed by atoms with E-state index in [1.165, 1.54) is 0 Å². The van der Waals surface area contributed by atoms with Crippen LogP contribution in [0.3, 0.4) is 0 Å². The normalized spacial score (nSPS) is 11.6. The quantitative estimate of drug-likeness (QED) is 0.605. The van der Waals surface area contributed by atoms with E-state index in [1.807, 2.05) is 0 Å². The van der Waals surface area contributed by atoms with Gasteiger partial charge in [0.1, 0.15) is 12.4 Å². The molecule has 4 heteroatoms. The van der Waals surface area contributed by atoms with Crippen LogP contribution in [-0.2, 0) is 9.53 Å². The van der Waals surface area contributed by atoms with Crippen molar-refractivity contribution in [1.29, 1.82) is 0 Å². The average Bonchev–Trinajstić information content (AvgIpc) is 2.36. The predicted octanol–water partition coefficient (Wildman–Crippen LogP) is 1.85. The van der Waals surface area contributed by atoms with E-state index in [0.717, 1.165) is 0 Å². The molecule has 0 unspecified atom stereocenters. The fraction of sp³-hybridized carbons (Fsp3) is 0.308. The van der Waals surface area contributed by atoms with Crippen LogP contribution in [0, 0.1) is 0 Å². The zero-order valence-corrected chi connectivity index (χ0v) is 9.76. The van der Waals surface area contributed by atoms with Crippen LogP contribution < -0.4 is 4.74 Å². The van der Waals surface area contributed by atoms with Gasteiger partial charge in [-0.2, -0.15) is 0 Å². The molecule has 0 spiro atoms. The molecule has 0 fully saturated rings. The van der Waals surface area contributed by atoms with Crippen molar-refractivity contribution in [3.8, 4) is 5.75 Å². The van der Waals surface area contributed by atoms with Crippen LogP contribution in [0.5, 0.6) is 5.75 Å². The number of carbonyl (C=O) groups excluding carboxylic acids is 1. The highest BCUT2D eigenvalue weighted by molar-refractivity contribution is 5.76. The highest BCUT2D eigenvalue weighted by Crippen LogP contribution is 2.18. The Balaban J connectivity index is 2.66. The van der Waals surface area contributed by atoms with Gasteiger partial charge < -0.3 is 14.6 Å². The van der Waals surface area contributed by atoms with Gasteiger partial charge in [-0.25, -0.2) is 4.79 Å². The van der Waals surface area contributed by atoms with Gasteiger partial charge in [-0.1, -0.05) is 24.8 Å². The van der Waals surface area contributed by atoms with Crippen molar-refractivity contribution in [3.63, 3.8) is 0 Å². The third-order valence-electron chi connectivity index (χ3n) is 2.07. The third-order valence-corrected chi connectivity index (χ3v) is 2.07. The minimum absolute atomic E-state index is 0.246. The van der Waals surface area contributed by atoms with E-state index < -0.39 is 12.1 Å². The Morgan fingerprint density at radius 2 is 2.12 bits per heavy atom. The molecule has 0 radical (unpaired) electrons. The molecule has 92 valence electrons. The van der Waals surface area contributed by atoms with Crippen molar-refractivity contribution in [1.82, 2.24) is 0 Å². The van der Waals surface area contributed by atoms with Crippen molar-refractivity contribution in [2.75, 3.05) is 13.2 Å². The fourth-order valence-electron chi connectivity index (χ4n) is 1.26. The van der Waals surface area contributed by atoms with E-state index in [2.05, 4.69) is 6.58 Å². The third kappa shape index (κ3) is 3.92. The molecule has 0 saturated carbocycles. The van der Waals surface area contributed by atoms with E-state index in [0.29, 0.717) is 17.9 Å². The van der Waals surface area contributed by atoms with Crippen LogP contribution in [-0.4, -0.2) is 24.3 Å². The molecule has 0 aromatic heterocycles. The van der Waals surface area contributed by atoms with Gasteiger partial charge in [0.15, 0.2) is 6.10 Å². The van der Waals surface area contributed by atoms with Gasteiger partial charge in [0.25, 0.3) is 0 Å². The molecular formula is C13H16O4. The number of hydrogen-bond donors (Lipinski definition) is 1. The summed E-state index contributed by atoms with van der Waals surface area (Å²) in [6.45, 7) is 5.89. The maximum Gasteiger partial charge on any atom is 0.339 e. The summed E-state index contributed by atoms with van der Waals surface area (Å²) in [6, 6.07) is 6.61. The van der Waals surface area contributed by atoms with Crippen molar-refractivity contribution < 1.29 is 19.4 Å². The Kier molecular flexibility index (Phi) is 5.23. The molecule has 0 aliphatic rings. The van der Waals surface area contributed by atoms with Gasteiger partial charge in [-0.05, 0) is 24.6 Å². The van der Waals surface area contributed by atoms with Gasteiger partial charge in [-0.15, -0.1) is 0 Å². The lowest BCUT2D eigenvalue weighted by Gasteiger charge is -2.10. The molecule has 0 bridgehead atoms. The molecule has 1 atom stereocenters. The number of esters is 1. The summed E-state index contributed by atoms with van der Waals surface area (Å²) in [5, 5.41) is 9.66. The molecule has 1 rings (SSSR count). The van der Waals surface area contributed by atoms with Gasteiger partial charge in [0, 0.05) is 0 Å². The molecule has 0 amide bonds. The number of rotatable bonds is 6. The van der Waals surface area contributed by atoms with Crippen molar-refractivity contribution in [2.45, 2.75) is 13.0 Å². The number of benzene rings is 1. The van der Waals surface area contributed by atoms with E-state index >= 15 is 0 Å². The number of hydrogen-bond acceptors (Lipinski definition) is 4. The summed E-state index contributed by atoms with van der Waals surface area (Å²) in [5.74, 6) is 0.0111. The molecule has 0 saturated heterocycles. The first-order valence-corrected chi connectivity index (χ1v) is 5.37. The molecule has 0 aliphatic heterocycles. The smallest absolute Gasteiger partial charge is 0.339 e. The first-order valence-electron chi connectivity index (χ1n) is 5.37. The van der Waals surface area contributed by atoms with Crippen molar-refractivity contribution in [2.24, 2.45) is 0 Å². The van der Waals surface area contributed by atoms with E-state index in [9.17, 15) is 9.90 Å². The van der Waals surface area contributed by atoms with Crippen LogP contribution in [0.2, 0.25) is 0 Å². The molecule has 17 heavy (non-hydrogen) atoms. The Morgan fingerprint density at radius 1 is 1.47 bits per heavy atom. The van der Waals surface area contributed by atoms with Gasteiger partial charge >= 0.3 is 5.97 Å². The van der Waals surface area contributed by atoms with Crippen LogP contribution in [0.1, 0.15) is 18.6 Å². The Bertz CT molecular complexity index is 370. The Hall–Kier alpha value is -1.81. The highest BCUT2D eigenvalue weighted by atomic mass is 16.5. The molecule has 4 nitrogen and oxygen atoms in total. The Morgan fingerprint density at radius 3 is 2.65 bits per heavy atom. The predicted molar refractivity (Wildman–Crippen MR) is 63.7 cm³/mol. The molecule has 1 aromatic carbocycles. The molecule has 1 N–H and O–H groups in total. The van der Waals surface area contributed by atoms with Crippen molar-refractivity contribution in [3.05, 3.63) is 42.5 Å². The highest BCUT2D eigenvalue weighted by Gasteiger charge is 2.18. The summed E-state index contributed by atoms with van der Waals surface area (Å²) in [7, 11) is 0. The standard InChI is InChI=1S/C13H16O4/c1-3-9-17-11-7-5-10(6-8-11)12(14)13(15)16-4-2/h3,5-8,12,14H,1,4,9H2,2H3/t12-/m1/s1. The van der Waals surface area contributed by atoms with Crippen LogP contribution >= 0.6 is 0 Å². The maximum atomic E-state index is 11.3. The largest absolute Gasteiger partial charge is 0.490 e. The minimum Gasteiger partial charge on any atom is -0.490 e. The second-order valence-electron chi connectivity index (χ2n) is 3.32. The Labute approximate surface area is 100 Å². The van der Waals surface area contributed by atoms with Gasteiger partial charge in [0.05, 0.1) is 6.61 Å². The number of aliphatic hydroxyl groups is 1. The lowest BCUT2D eigenvalue weighted by Crippen LogP contribution is -2.15. The molecular weight excluding hydrogens is 220 g/mol. The van der Waals surface area contributed by atoms with E-state index in [1.54, 1.807) is 37.3 Å². The monoisotopic (exact) mass is 236 g/mol. The van der Waals surface area contributed by atoms with Crippen molar-refractivity contribution >= 4 is 5.97 Å². The lowest BCUT2D eigenvalue weighted by molar-refractivity contribution is -0.153. The second kappa shape index (κ2) is 6.70. The summed E-state index contributed by atoms with van der Waals surface area (Å²) in [5.41, 5.74) is 0.481. The van der Waals surface area contributed by atoms with Crippen LogP contribution in [0.15, 0.2) is 36.9 Å². The zero-order chi connectivity index (χ0) is 12.7. The molecule has 0 aliphatic carbocycles. The summed E-state index contributed by atoms with van der Waals surface area (Å²) < 4.78 is 10.0. The van der Waals surface area contributed by atoms with E-state index in [4.69, 9.17) is 9.47 Å². The summed E-state index contributed by atoms with van der Waals surface area (Å²) in [6.07, 6.45) is 0.393. The number of carbonyl (C=O) groups is 1. The van der Waals surface area contributed by atoms with Crippen LogP contribution in [0.4, 0.5) is 0 Å². The fourth-order valence-corrected chi connectivity index (χ4v) is 1.26. The van der Waals surface area contributed by atoms with Crippen LogP contribution in [0.25, 0.3) is 0 Å². The number of ether oxygens (including phenoxy) is 2. The average molecular weight is 236 g/mol. The second-order valence-corrected chi connectivity index (χ2v) is 3.32. The van der Waals surface area contributed by atoms with Gasteiger partial charge in [0.2, 0.25) is 0 Å². The summed E-state index contributed by atoms with van der Waals surface area (Å²) in [4.78, 5) is 11.3. The number of aliphatic hydroxyl groups excluding tert-OH is 1. The maximum absolute atomic E-state index is 11.3. The van der Waals surface area contributed by atoms with E-state index in [-0.39, 0.29) is 6.61 Å². The molecule has 1 aromatic rings. The summed E-state index contributed by atoms with van der Waals surface area (Å²) >= 11 is 0. The lowest BCUT2D eigenvalue weighted by atomic mass is 10.1. The SMILES string of the molecule is C=CCOc1ccc([C@@H](O)C(=O)OCC)cc1.